The van der Waals surface area contributed by atoms with Crippen LogP contribution in [0.15, 0.2) is 24.3 Å². The van der Waals surface area contributed by atoms with Crippen molar-refractivity contribution in [2.24, 2.45) is 11.8 Å². The van der Waals surface area contributed by atoms with Gasteiger partial charge >= 0.3 is 0 Å². The first-order chi connectivity index (χ1) is 7.59. The van der Waals surface area contributed by atoms with Gasteiger partial charge in [0, 0.05) is 11.6 Å². The number of nitrogens with one attached hydrogen (secondary N) is 1. The lowest BCUT2D eigenvalue weighted by molar-refractivity contribution is -0.123. The van der Waals surface area contributed by atoms with E-state index in [1.54, 1.807) is 0 Å². The summed E-state index contributed by atoms with van der Waals surface area (Å²) in [6.45, 7) is 4.07. The summed E-state index contributed by atoms with van der Waals surface area (Å²) in [5.74, 6) is 0.913. The van der Waals surface area contributed by atoms with E-state index in [1.165, 1.54) is 0 Å². The van der Waals surface area contributed by atoms with Crippen LogP contribution in [0.3, 0.4) is 0 Å². The molecule has 0 heterocycles. The summed E-state index contributed by atoms with van der Waals surface area (Å²) in [7, 11) is 0. The van der Waals surface area contributed by atoms with E-state index in [0.29, 0.717) is 5.92 Å². The number of nitrogens with two attached hydrogens (primary N) is 1. The van der Waals surface area contributed by atoms with Gasteiger partial charge < -0.3 is 11.1 Å². The van der Waals surface area contributed by atoms with Crippen molar-refractivity contribution in [2.75, 3.05) is 5.73 Å². The Morgan fingerprint density at radius 1 is 1.50 bits per heavy atom. The number of rotatable bonds is 3. The normalized spacial score (nSPS) is 24.9. The molecule has 1 fully saturated rings. The maximum Gasteiger partial charge on any atom is 0.223 e. The lowest BCUT2D eigenvalue weighted by atomic mass is 10.1. The van der Waals surface area contributed by atoms with Crippen LogP contribution in [0.2, 0.25) is 0 Å². The van der Waals surface area contributed by atoms with Crippen LogP contribution in [0.25, 0.3) is 0 Å². The molecule has 2 rings (SSSR count). The fraction of sp³-hybridized carbons (Fsp3) is 0.462. The molecule has 16 heavy (non-hydrogen) atoms. The Bertz CT molecular complexity index is 403. The van der Waals surface area contributed by atoms with Gasteiger partial charge in [0.2, 0.25) is 5.91 Å². The van der Waals surface area contributed by atoms with E-state index >= 15 is 0 Å². The van der Waals surface area contributed by atoms with E-state index in [-0.39, 0.29) is 17.9 Å². The number of hydrogen-bond donors (Lipinski definition) is 2. The molecule has 3 unspecified atom stereocenters. The molecule has 1 saturated carbocycles. The molecule has 3 atom stereocenters. The van der Waals surface area contributed by atoms with Crippen LogP contribution in [0.1, 0.15) is 31.9 Å². The third-order valence-corrected chi connectivity index (χ3v) is 3.27. The zero-order valence-electron chi connectivity index (χ0n) is 9.73. The maximum absolute atomic E-state index is 11.8. The molecule has 3 heteroatoms. The van der Waals surface area contributed by atoms with Crippen molar-refractivity contribution in [3.63, 3.8) is 0 Å². The highest BCUT2D eigenvalue weighted by atomic mass is 16.2. The van der Waals surface area contributed by atoms with Crippen LogP contribution in [-0.2, 0) is 4.79 Å². The molecule has 1 aliphatic rings. The molecular formula is C13H18N2O. The summed E-state index contributed by atoms with van der Waals surface area (Å²) >= 11 is 0. The van der Waals surface area contributed by atoms with Crippen molar-refractivity contribution < 1.29 is 4.79 Å². The quantitative estimate of drug-likeness (QED) is 0.763. The van der Waals surface area contributed by atoms with Crippen LogP contribution >= 0.6 is 0 Å². The average Bonchev–Trinajstić information content (AvgIpc) is 2.96. The van der Waals surface area contributed by atoms with Crippen molar-refractivity contribution in [1.82, 2.24) is 5.32 Å². The van der Waals surface area contributed by atoms with Gasteiger partial charge in [-0.15, -0.1) is 0 Å². The largest absolute Gasteiger partial charge is 0.398 e. The van der Waals surface area contributed by atoms with Crippen LogP contribution < -0.4 is 11.1 Å². The van der Waals surface area contributed by atoms with Gasteiger partial charge in [-0.2, -0.15) is 0 Å². The van der Waals surface area contributed by atoms with Crippen molar-refractivity contribution in [3.8, 4) is 0 Å². The second-order valence-corrected chi connectivity index (χ2v) is 4.68. The summed E-state index contributed by atoms with van der Waals surface area (Å²) in [5, 5.41) is 3.01. The second kappa shape index (κ2) is 4.16. The fourth-order valence-electron chi connectivity index (χ4n) is 1.99. The summed E-state index contributed by atoms with van der Waals surface area (Å²) in [6.07, 6.45) is 1.02. The smallest absolute Gasteiger partial charge is 0.223 e. The van der Waals surface area contributed by atoms with Gasteiger partial charge in [0.25, 0.3) is 0 Å². The van der Waals surface area contributed by atoms with Gasteiger partial charge in [0.15, 0.2) is 0 Å². The number of carbonyl (C=O) groups is 1. The Labute approximate surface area is 96.0 Å². The molecule has 0 aromatic heterocycles. The van der Waals surface area contributed by atoms with Crippen LogP contribution in [0.4, 0.5) is 5.69 Å². The predicted octanol–water partition coefficient (Wildman–Crippen LogP) is 2.10. The predicted molar refractivity (Wildman–Crippen MR) is 64.7 cm³/mol. The highest BCUT2D eigenvalue weighted by Crippen LogP contribution is 2.38. The van der Waals surface area contributed by atoms with Crippen LogP contribution in [0, 0.1) is 11.8 Å². The molecule has 3 nitrogen and oxygen atoms in total. The third kappa shape index (κ3) is 2.18. The summed E-state index contributed by atoms with van der Waals surface area (Å²) in [6, 6.07) is 7.64. The van der Waals surface area contributed by atoms with Gasteiger partial charge in [-0.05, 0) is 30.9 Å². The van der Waals surface area contributed by atoms with E-state index in [9.17, 15) is 4.79 Å². The topological polar surface area (TPSA) is 55.1 Å². The highest BCUT2D eigenvalue weighted by molar-refractivity contribution is 5.82. The molecule has 0 aliphatic heterocycles. The lowest BCUT2D eigenvalue weighted by Crippen LogP contribution is -2.28. The van der Waals surface area contributed by atoms with Gasteiger partial charge in [-0.3, -0.25) is 4.79 Å². The molecule has 1 aliphatic carbocycles. The van der Waals surface area contributed by atoms with E-state index in [2.05, 4.69) is 12.2 Å². The van der Waals surface area contributed by atoms with Crippen molar-refractivity contribution in [1.29, 1.82) is 0 Å². The molecule has 0 spiro atoms. The van der Waals surface area contributed by atoms with E-state index in [0.717, 1.165) is 17.7 Å². The van der Waals surface area contributed by atoms with Crippen LogP contribution in [0.5, 0.6) is 0 Å². The molecule has 1 aromatic carbocycles. The second-order valence-electron chi connectivity index (χ2n) is 4.68. The summed E-state index contributed by atoms with van der Waals surface area (Å²) in [4.78, 5) is 11.8. The number of nitrogen functional groups attached to an aromatic ring is 1. The van der Waals surface area contributed by atoms with Gasteiger partial charge in [-0.1, -0.05) is 25.1 Å². The number of amides is 1. The number of anilines is 1. The Kier molecular flexibility index (Phi) is 2.86. The molecule has 1 aromatic rings. The average molecular weight is 218 g/mol. The van der Waals surface area contributed by atoms with E-state index in [1.807, 2.05) is 31.2 Å². The molecular weight excluding hydrogens is 200 g/mol. The van der Waals surface area contributed by atoms with Gasteiger partial charge in [0.05, 0.1) is 6.04 Å². The lowest BCUT2D eigenvalue weighted by Gasteiger charge is -2.16. The molecule has 3 N–H and O–H groups in total. The van der Waals surface area contributed by atoms with Crippen molar-refractivity contribution >= 4 is 11.6 Å². The SMILES string of the molecule is CC(NC(=O)C1CC1C)c1ccccc1N. The van der Waals surface area contributed by atoms with Gasteiger partial charge in [0.1, 0.15) is 0 Å². The van der Waals surface area contributed by atoms with Gasteiger partial charge in [-0.25, -0.2) is 0 Å². The van der Waals surface area contributed by atoms with Crippen molar-refractivity contribution in [3.05, 3.63) is 29.8 Å². The Morgan fingerprint density at radius 3 is 2.69 bits per heavy atom. The Hall–Kier alpha value is -1.51. The minimum atomic E-state index is -0.0125. The van der Waals surface area contributed by atoms with E-state index < -0.39 is 0 Å². The first kappa shape index (κ1) is 11.0. The minimum absolute atomic E-state index is 0.0125. The molecule has 0 saturated heterocycles. The summed E-state index contributed by atoms with van der Waals surface area (Å²) in [5.41, 5.74) is 7.59. The minimum Gasteiger partial charge on any atom is -0.398 e. The fourth-order valence-corrected chi connectivity index (χ4v) is 1.99. The zero-order valence-corrected chi connectivity index (χ0v) is 9.73. The number of para-hydroxylation sites is 1. The first-order valence-corrected chi connectivity index (χ1v) is 5.74. The molecule has 86 valence electrons. The van der Waals surface area contributed by atoms with E-state index in [4.69, 9.17) is 5.73 Å². The Morgan fingerprint density at radius 2 is 2.12 bits per heavy atom. The monoisotopic (exact) mass is 218 g/mol. The first-order valence-electron chi connectivity index (χ1n) is 5.74. The van der Waals surface area contributed by atoms with Crippen molar-refractivity contribution in [2.45, 2.75) is 26.3 Å². The summed E-state index contributed by atoms with van der Waals surface area (Å²) < 4.78 is 0. The zero-order chi connectivity index (χ0) is 11.7. The maximum atomic E-state index is 11.8. The number of benzene rings is 1. The molecule has 0 bridgehead atoms. The Balaban J connectivity index is 2.00. The molecule has 1 amide bonds. The highest BCUT2D eigenvalue weighted by Gasteiger charge is 2.39. The number of hydrogen-bond acceptors (Lipinski definition) is 2. The third-order valence-electron chi connectivity index (χ3n) is 3.27. The van der Waals surface area contributed by atoms with Crippen LogP contribution in [-0.4, -0.2) is 5.91 Å². The number of carbonyl (C=O) groups excluding carboxylic acids is 1. The molecule has 0 radical (unpaired) electrons. The standard InChI is InChI=1S/C13H18N2O/c1-8-7-11(8)13(16)15-9(2)10-5-3-4-6-12(10)14/h3-6,8-9,11H,7,14H2,1-2H3,(H,15,16).